The van der Waals surface area contributed by atoms with E-state index >= 15 is 0 Å². The molecule has 0 aliphatic rings. The van der Waals surface area contributed by atoms with E-state index in [1.165, 1.54) is 18.7 Å². The van der Waals surface area contributed by atoms with Crippen LogP contribution in [0.2, 0.25) is 0 Å². The third kappa shape index (κ3) is 6.05. The molecule has 0 radical (unpaired) electrons. The van der Waals surface area contributed by atoms with Crippen LogP contribution in [0.3, 0.4) is 0 Å². The van der Waals surface area contributed by atoms with Gasteiger partial charge in [-0.3, -0.25) is 4.79 Å². The lowest BCUT2D eigenvalue weighted by Crippen LogP contribution is -2.41. The largest absolute Gasteiger partial charge is 0.480 e. The fourth-order valence-electron chi connectivity index (χ4n) is 1.48. The summed E-state index contributed by atoms with van der Waals surface area (Å²) >= 11 is 1.33. The number of nitrogens with one attached hydrogen (secondary N) is 1. The Kier molecular flexibility index (Phi) is 6.50. The number of aliphatic carboxylic acids is 1. The van der Waals surface area contributed by atoms with E-state index in [1.807, 2.05) is 0 Å². The van der Waals surface area contributed by atoms with Gasteiger partial charge in [0.1, 0.15) is 6.04 Å². The molecule has 0 aliphatic heterocycles. The maximum Gasteiger partial charge on any atom is 0.327 e. The first-order valence-corrected chi connectivity index (χ1v) is 7.43. The number of carboxylic acid groups (broad SMARTS) is 1. The molecule has 0 fully saturated rings. The number of carboxylic acids is 1. The Morgan fingerprint density at radius 2 is 2.15 bits per heavy atom. The zero-order valence-corrected chi connectivity index (χ0v) is 12.6. The fourth-order valence-corrected chi connectivity index (χ4v) is 2.35. The van der Waals surface area contributed by atoms with E-state index in [9.17, 15) is 9.59 Å². The Morgan fingerprint density at radius 3 is 2.70 bits per heavy atom. The number of amides is 1. The molecule has 1 aromatic rings. The smallest absolute Gasteiger partial charge is 0.327 e. The second kappa shape index (κ2) is 7.88. The molecule has 0 bridgehead atoms. The van der Waals surface area contributed by atoms with Gasteiger partial charge in [-0.25, -0.2) is 4.79 Å². The summed E-state index contributed by atoms with van der Waals surface area (Å²) in [7, 11) is 0. The van der Waals surface area contributed by atoms with Crippen LogP contribution in [0.15, 0.2) is 4.52 Å². The summed E-state index contributed by atoms with van der Waals surface area (Å²) in [6.07, 6.45) is 0.748. The topological polar surface area (TPSA) is 105 Å². The Hall–Kier alpha value is -1.57. The van der Waals surface area contributed by atoms with E-state index in [4.69, 9.17) is 9.63 Å². The second-order valence-corrected chi connectivity index (χ2v) is 5.84. The average molecular weight is 301 g/mol. The van der Waals surface area contributed by atoms with Gasteiger partial charge in [-0.05, 0) is 5.92 Å². The number of hydrogen-bond donors (Lipinski definition) is 2. The first-order valence-electron chi connectivity index (χ1n) is 6.27. The van der Waals surface area contributed by atoms with E-state index in [0.717, 1.165) is 6.42 Å². The molecule has 20 heavy (non-hydrogen) atoms. The highest BCUT2D eigenvalue weighted by molar-refractivity contribution is 7.98. The lowest BCUT2D eigenvalue weighted by molar-refractivity contribution is -0.140. The maximum atomic E-state index is 10.9. The fraction of sp³-hybridized carbons (Fsp3) is 0.667. The van der Waals surface area contributed by atoms with Gasteiger partial charge in [-0.2, -0.15) is 4.98 Å². The van der Waals surface area contributed by atoms with Crippen LogP contribution in [0, 0.1) is 5.92 Å². The van der Waals surface area contributed by atoms with Gasteiger partial charge in [0, 0.05) is 19.1 Å². The SMILES string of the molecule is CC(=O)N[C@@H](CSCc1nc(CC(C)C)no1)C(=O)O. The summed E-state index contributed by atoms with van der Waals surface area (Å²) in [4.78, 5) is 26.0. The Balaban J connectivity index is 2.40. The quantitative estimate of drug-likeness (QED) is 0.740. The Labute approximate surface area is 121 Å². The zero-order chi connectivity index (χ0) is 15.1. The summed E-state index contributed by atoms with van der Waals surface area (Å²) in [5.74, 6) is 0.827. The van der Waals surface area contributed by atoms with Gasteiger partial charge in [0.25, 0.3) is 0 Å². The summed E-state index contributed by atoms with van der Waals surface area (Å²) in [6, 6.07) is -0.907. The molecule has 0 unspecified atom stereocenters. The summed E-state index contributed by atoms with van der Waals surface area (Å²) in [5, 5.41) is 15.2. The van der Waals surface area contributed by atoms with Crippen LogP contribution in [0.25, 0.3) is 0 Å². The van der Waals surface area contributed by atoms with Gasteiger partial charge in [-0.15, -0.1) is 11.8 Å². The molecule has 0 saturated carbocycles. The number of hydrogen-bond acceptors (Lipinski definition) is 6. The third-order valence-electron chi connectivity index (χ3n) is 2.29. The van der Waals surface area contributed by atoms with Crippen molar-refractivity contribution in [2.24, 2.45) is 5.92 Å². The minimum atomic E-state index is -1.06. The molecule has 0 saturated heterocycles. The molecule has 1 aromatic heterocycles. The van der Waals surface area contributed by atoms with Gasteiger partial charge in [0.05, 0.1) is 5.75 Å². The van der Waals surface area contributed by atoms with Crippen LogP contribution >= 0.6 is 11.8 Å². The summed E-state index contributed by atoms with van der Waals surface area (Å²) < 4.78 is 5.07. The molecule has 0 aromatic carbocycles. The zero-order valence-electron chi connectivity index (χ0n) is 11.8. The van der Waals surface area contributed by atoms with Crippen molar-refractivity contribution < 1.29 is 19.2 Å². The maximum absolute atomic E-state index is 10.9. The first kappa shape index (κ1) is 16.5. The van der Waals surface area contributed by atoms with Crippen molar-refractivity contribution in [2.45, 2.75) is 39.0 Å². The highest BCUT2D eigenvalue weighted by Gasteiger charge is 2.18. The van der Waals surface area contributed by atoms with Crippen molar-refractivity contribution in [2.75, 3.05) is 5.75 Å². The Bertz CT molecular complexity index is 461. The van der Waals surface area contributed by atoms with Gasteiger partial charge in [-0.1, -0.05) is 19.0 Å². The van der Waals surface area contributed by atoms with Gasteiger partial charge in [0.2, 0.25) is 11.8 Å². The number of carbonyl (C=O) groups is 2. The molecule has 112 valence electrons. The van der Waals surface area contributed by atoms with Crippen LogP contribution in [0.1, 0.15) is 32.5 Å². The summed E-state index contributed by atoms with van der Waals surface area (Å²) in [5.41, 5.74) is 0. The lowest BCUT2D eigenvalue weighted by atomic mass is 10.1. The van der Waals surface area contributed by atoms with E-state index in [-0.39, 0.29) is 11.7 Å². The van der Waals surface area contributed by atoms with Gasteiger partial charge in [0.15, 0.2) is 5.82 Å². The number of nitrogens with zero attached hydrogens (tertiary/aromatic N) is 2. The van der Waals surface area contributed by atoms with Crippen LogP contribution in [-0.4, -0.2) is 38.9 Å². The highest BCUT2D eigenvalue weighted by Crippen LogP contribution is 2.13. The molecule has 2 N–H and O–H groups in total. The molecule has 0 aliphatic carbocycles. The molecule has 0 spiro atoms. The predicted molar refractivity (Wildman–Crippen MR) is 74.2 cm³/mol. The normalized spacial score (nSPS) is 12.4. The molecule has 1 amide bonds. The van der Waals surface area contributed by atoms with E-state index in [2.05, 4.69) is 29.3 Å². The molecular weight excluding hydrogens is 282 g/mol. The van der Waals surface area contributed by atoms with Crippen molar-refractivity contribution >= 4 is 23.6 Å². The molecular formula is C12H19N3O4S. The predicted octanol–water partition coefficient (Wildman–Crippen LogP) is 1.09. The van der Waals surface area contributed by atoms with Crippen molar-refractivity contribution in [1.29, 1.82) is 0 Å². The second-order valence-electron chi connectivity index (χ2n) is 4.81. The third-order valence-corrected chi connectivity index (χ3v) is 3.31. The Morgan fingerprint density at radius 1 is 1.45 bits per heavy atom. The molecule has 1 heterocycles. The van der Waals surface area contributed by atoms with Gasteiger partial charge < -0.3 is 14.9 Å². The van der Waals surface area contributed by atoms with E-state index in [0.29, 0.717) is 23.4 Å². The van der Waals surface area contributed by atoms with Gasteiger partial charge >= 0.3 is 5.97 Å². The monoisotopic (exact) mass is 301 g/mol. The minimum absolute atomic E-state index is 0.247. The average Bonchev–Trinajstić information content (AvgIpc) is 2.73. The molecule has 8 heteroatoms. The van der Waals surface area contributed by atoms with E-state index < -0.39 is 12.0 Å². The van der Waals surface area contributed by atoms with Crippen molar-refractivity contribution in [3.05, 3.63) is 11.7 Å². The van der Waals surface area contributed by atoms with Crippen LogP contribution in [0.5, 0.6) is 0 Å². The van der Waals surface area contributed by atoms with Crippen LogP contribution in [0.4, 0.5) is 0 Å². The van der Waals surface area contributed by atoms with Crippen LogP contribution < -0.4 is 5.32 Å². The minimum Gasteiger partial charge on any atom is -0.480 e. The number of rotatable bonds is 8. The molecule has 1 rings (SSSR count). The standard InChI is InChI=1S/C12H19N3O4S/c1-7(2)4-10-14-11(19-15-10)6-20-5-9(12(17)18)13-8(3)16/h7,9H,4-6H2,1-3H3,(H,13,16)(H,17,18)/t9-/m0/s1. The first-order chi connectivity index (χ1) is 9.38. The van der Waals surface area contributed by atoms with Crippen molar-refractivity contribution in [3.8, 4) is 0 Å². The molecule has 7 nitrogen and oxygen atoms in total. The molecule has 1 atom stereocenters. The van der Waals surface area contributed by atoms with Crippen molar-refractivity contribution in [1.82, 2.24) is 15.5 Å². The van der Waals surface area contributed by atoms with E-state index in [1.54, 1.807) is 0 Å². The number of aromatic nitrogens is 2. The van der Waals surface area contributed by atoms with Crippen LogP contribution in [-0.2, 0) is 21.8 Å². The number of thioether (sulfide) groups is 1. The lowest BCUT2D eigenvalue weighted by Gasteiger charge is -2.11. The highest BCUT2D eigenvalue weighted by atomic mass is 32.2. The number of carbonyl (C=O) groups excluding carboxylic acids is 1. The summed E-state index contributed by atoms with van der Waals surface area (Å²) in [6.45, 7) is 5.42. The van der Waals surface area contributed by atoms with Crippen molar-refractivity contribution in [3.63, 3.8) is 0 Å².